The van der Waals surface area contributed by atoms with Crippen molar-refractivity contribution in [2.75, 3.05) is 6.54 Å². The van der Waals surface area contributed by atoms with Crippen molar-refractivity contribution in [3.63, 3.8) is 0 Å². The van der Waals surface area contributed by atoms with E-state index in [-0.39, 0.29) is 11.5 Å². The largest absolute Gasteiger partial charge is 0.490 e. The maximum Gasteiger partial charge on any atom is 0.127 e. The van der Waals surface area contributed by atoms with E-state index >= 15 is 0 Å². The zero-order chi connectivity index (χ0) is 14.9. The van der Waals surface area contributed by atoms with Crippen molar-refractivity contribution in [2.45, 2.75) is 71.9 Å². The molecular formula is C18H29NO. The molecule has 0 spiro atoms. The summed E-state index contributed by atoms with van der Waals surface area (Å²) in [4.78, 5) is 0. The van der Waals surface area contributed by atoms with Crippen molar-refractivity contribution < 1.29 is 4.74 Å². The molecule has 1 aromatic carbocycles. The zero-order valence-corrected chi connectivity index (χ0v) is 13.8. The van der Waals surface area contributed by atoms with Gasteiger partial charge in [-0.05, 0) is 49.4 Å². The van der Waals surface area contributed by atoms with Crippen LogP contribution in [0.5, 0.6) is 5.75 Å². The van der Waals surface area contributed by atoms with Crippen molar-refractivity contribution in [1.82, 2.24) is 5.32 Å². The molecule has 2 nitrogen and oxygen atoms in total. The van der Waals surface area contributed by atoms with Gasteiger partial charge in [-0.15, -0.1) is 0 Å². The second-order valence-electron chi connectivity index (χ2n) is 7.13. The van der Waals surface area contributed by atoms with Gasteiger partial charge in [0.15, 0.2) is 0 Å². The van der Waals surface area contributed by atoms with Gasteiger partial charge in [-0.25, -0.2) is 0 Å². The molecule has 1 N–H and O–H groups in total. The SMILES string of the molecule is CCCNC1CC(C)Oc2c(C)cc(C(C)(C)C)cc21. The van der Waals surface area contributed by atoms with Gasteiger partial charge in [0, 0.05) is 18.0 Å². The molecule has 2 unspecified atom stereocenters. The topological polar surface area (TPSA) is 21.3 Å². The molecule has 0 fully saturated rings. The van der Waals surface area contributed by atoms with Crippen LogP contribution in [0, 0.1) is 6.92 Å². The maximum atomic E-state index is 6.10. The van der Waals surface area contributed by atoms with Gasteiger partial charge in [-0.2, -0.15) is 0 Å². The summed E-state index contributed by atoms with van der Waals surface area (Å²) in [5.41, 5.74) is 4.19. The minimum Gasteiger partial charge on any atom is -0.490 e. The Hall–Kier alpha value is -1.02. The number of aryl methyl sites for hydroxylation is 1. The molecule has 112 valence electrons. The third-order valence-electron chi connectivity index (χ3n) is 4.07. The predicted molar refractivity (Wildman–Crippen MR) is 85.6 cm³/mol. The van der Waals surface area contributed by atoms with Crippen LogP contribution in [-0.4, -0.2) is 12.6 Å². The fourth-order valence-corrected chi connectivity index (χ4v) is 2.87. The van der Waals surface area contributed by atoms with E-state index in [9.17, 15) is 0 Å². The van der Waals surface area contributed by atoms with E-state index in [1.54, 1.807) is 0 Å². The van der Waals surface area contributed by atoms with E-state index in [0.29, 0.717) is 6.04 Å². The Balaban J connectivity index is 2.43. The Morgan fingerprint density at radius 3 is 2.60 bits per heavy atom. The van der Waals surface area contributed by atoms with Crippen molar-refractivity contribution in [3.05, 3.63) is 28.8 Å². The van der Waals surface area contributed by atoms with Gasteiger partial charge in [0.25, 0.3) is 0 Å². The Labute approximate surface area is 123 Å². The van der Waals surface area contributed by atoms with E-state index in [2.05, 4.69) is 59.0 Å². The first-order valence-electron chi connectivity index (χ1n) is 7.88. The molecule has 20 heavy (non-hydrogen) atoms. The Morgan fingerprint density at radius 1 is 1.30 bits per heavy atom. The lowest BCUT2D eigenvalue weighted by Gasteiger charge is -2.34. The molecule has 2 rings (SSSR count). The fraction of sp³-hybridized carbons (Fsp3) is 0.667. The van der Waals surface area contributed by atoms with Crippen LogP contribution in [0.4, 0.5) is 0 Å². The zero-order valence-electron chi connectivity index (χ0n) is 13.8. The average molecular weight is 275 g/mol. The summed E-state index contributed by atoms with van der Waals surface area (Å²) >= 11 is 0. The van der Waals surface area contributed by atoms with Crippen LogP contribution in [0.25, 0.3) is 0 Å². The first-order chi connectivity index (χ1) is 9.32. The molecule has 0 aromatic heterocycles. The summed E-state index contributed by atoms with van der Waals surface area (Å²) in [6.07, 6.45) is 2.51. The summed E-state index contributed by atoms with van der Waals surface area (Å²) in [6.45, 7) is 14.4. The van der Waals surface area contributed by atoms with Crippen LogP contribution < -0.4 is 10.1 Å². The number of hydrogen-bond acceptors (Lipinski definition) is 2. The molecule has 0 bridgehead atoms. The highest BCUT2D eigenvalue weighted by Gasteiger charge is 2.28. The smallest absolute Gasteiger partial charge is 0.127 e. The highest BCUT2D eigenvalue weighted by molar-refractivity contribution is 5.48. The third-order valence-corrected chi connectivity index (χ3v) is 4.07. The Kier molecular flexibility index (Phi) is 4.43. The highest BCUT2D eigenvalue weighted by Crippen LogP contribution is 2.40. The fourth-order valence-electron chi connectivity index (χ4n) is 2.87. The summed E-state index contributed by atoms with van der Waals surface area (Å²) in [5, 5.41) is 3.68. The Morgan fingerprint density at radius 2 is 2.00 bits per heavy atom. The van der Waals surface area contributed by atoms with Crippen molar-refractivity contribution in [3.8, 4) is 5.75 Å². The first-order valence-corrected chi connectivity index (χ1v) is 7.88. The number of benzene rings is 1. The van der Waals surface area contributed by atoms with E-state index in [4.69, 9.17) is 4.74 Å². The number of ether oxygens (including phenoxy) is 1. The molecule has 0 amide bonds. The number of fused-ring (bicyclic) bond motifs is 1. The van der Waals surface area contributed by atoms with Crippen LogP contribution in [0.1, 0.15) is 70.2 Å². The third kappa shape index (κ3) is 3.17. The molecule has 1 aliphatic heterocycles. The lowest BCUT2D eigenvalue weighted by molar-refractivity contribution is 0.165. The van der Waals surface area contributed by atoms with Gasteiger partial charge in [0.1, 0.15) is 5.75 Å². The van der Waals surface area contributed by atoms with Gasteiger partial charge in [-0.1, -0.05) is 33.8 Å². The summed E-state index contributed by atoms with van der Waals surface area (Å²) in [5.74, 6) is 1.10. The second kappa shape index (κ2) is 5.77. The molecule has 1 aliphatic rings. The summed E-state index contributed by atoms with van der Waals surface area (Å²) in [6, 6.07) is 5.06. The summed E-state index contributed by atoms with van der Waals surface area (Å²) < 4.78 is 6.10. The van der Waals surface area contributed by atoms with Gasteiger partial charge in [0.2, 0.25) is 0 Å². The van der Waals surface area contributed by atoms with Crippen molar-refractivity contribution in [1.29, 1.82) is 0 Å². The highest BCUT2D eigenvalue weighted by atomic mass is 16.5. The quantitative estimate of drug-likeness (QED) is 0.876. The first kappa shape index (κ1) is 15.4. The van der Waals surface area contributed by atoms with Crippen LogP contribution in [0.3, 0.4) is 0 Å². The van der Waals surface area contributed by atoms with E-state index in [1.807, 2.05) is 0 Å². The number of hydrogen-bond donors (Lipinski definition) is 1. The van der Waals surface area contributed by atoms with E-state index < -0.39 is 0 Å². The molecule has 0 radical (unpaired) electrons. The maximum absolute atomic E-state index is 6.10. The van der Waals surface area contributed by atoms with E-state index in [0.717, 1.165) is 18.7 Å². The normalized spacial score (nSPS) is 22.3. The predicted octanol–water partition coefficient (Wildman–Crippen LogP) is 4.50. The average Bonchev–Trinajstić information content (AvgIpc) is 2.35. The molecular weight excluding hydrogens is 246 g/mol. The summed E-state index contributed by atoms with van der Waals surface area (Å²) in [7, 11) is 0. The lowest BCUT2D eigenvalue weighted by atomic mass is 9.82. The molecule has 0 saturated carbocycles. The van der Waals surface area contributed by atoms with E-state index in [1.165, 1.54) is 23.1 Å². The van der Waals surface area contributed by atoms with Gasteiger partial charge >= 0.3 is 0 Å². The Bertz CT molecular complexity index is 473. The minimum absolute atomic E-state index is 0.179. The van der Waals surface area contributed by atoms with Gasteiger partial charge in [0.05, 0.1) is 6.10 Å². The molecule has 2 heteroatoms. The molecule has 0 aliphatic carbocycles. The van der Waals surface area contributed by atoms with Crippen LogP contribution >= 0.6 is 0 Å². The molecule has 1 heterocycles. The minimum atomic E-state index is 0.179. The molecule has 0 saturated heterocycles. The van der Waals surface area contributed by atoms with Crippen LogP contribution in [0.2, 0.25) is 0 Å². The monoisotopic (exact) mass is 275 g/mol. The van der Waals surface area contributed by atoms with Gasteiger partial charge < -0.3 is 10.1 Å². The number of rotatable bonds is 3. The van der Waals surface area contributed by atoms with Crippen LogP contribution in [0.15, 0.2) is 12.1 Å². The number of nitrogens with one attached hydrogen (secondary N) is 1. The van der Waals surface area contributed by atoms with Gasteiger partial charge in [-0.3, -0.25) is 0 Å². The molecule has 2 atom stereocenters. The standard InChI is InChI=1S/C18H29NO/c1-7-8-19-16-10-13(3)20-17-12(2)9-14(11-15(16)17)18(4,5)6/h9,11,13,16,19H,7-8,10H2,1-6H3. The van der Waals surface area contributed by atoms with Crippen molar-refractivity contribution in [2.24, 2.45) is 0 Å². The lowest BCUT2D eigenvalue weighted by Crippen LogP contribution is -2.32. The second-order valence-corrected chi connectivity index (χ2v) is 7.13. The van der Waals surface area contributed by atoms with Crippen LogP contribution in [-0.2, 0) is 5.41 Å². The molecule has 1 aromatic rings. The van der Waals surface area contributed by atoms with Crippen molar-refractivity contribution >= 4 is 0 Å².